The zero-order valence-corrected chi connectivity index (χ0v) is 8.32. The molecular weight excluding hydrogens is 132 g/mol. The van der Waals surface area contributed by atoms with Crippen LogP contribution < -0.4 is 0 Å². The first-order chi connectivity index (χ1) is 4.09. The number of carbonyl (C=O) groups is 1. The van der Waals surface area contributed by atoms with E-state index in [-0.39, 0.29) is 7.40 Å². The van der Waals surface area contributed by atoms with Crippen molar-refractivity contribution in [2.45, 2.75) is 13.8 Å². The Morgan fingerprint density at radius 3 is 2.11 bits per heavy atom. The van der Waals surface area contributed by atoms with Crippen LogP contribution in [0, 0.1) is 0 Å². The number of allylic oxidation sites excluding steroid dienone is 1. The van der Waals surface area contributed by atoms with E-state index in [0.29, 0.717) is 0 Å². The Kier molecular flexibility index (Phi) is 3.23. The Balaban J connectivity index is 0. The molecule has 0 unspecified atom stereocenters. The molecular formula is C6H13O2Si+. The first-order valence-corrected chi connectivity index (χ1v) is 3.82. The van der Waals surface area contributed by atoms with Crippen LogP contribution in [0.5, 0.6) is 0 Å². The van der Waals surface area contributed by atoms with E-state index in [9.17, 15) is 4.79 Å². The molecule has 9 heavy (non-hydrogen) atoms. The van der Waals surface area contributed by atoms with Crippen LogP contribution in [0.2, 0.25) is 0 Å². The van der Waals surface area contributed by atoms with E-state index in [1.165, 1.54) is 7.11 Å². The zero-order chi connectivity index (χ0) is 7.44. The van der Waals surface area contributed by atoms with Crippen molar-refractivity contribution in [2.75, 3.05) is 7.11 Å². The highest BCUT2D eigenvalue weighted by Crippen LogP contribution is 1.99. The molecule has 0 N–H and O–H groups in total. The molecule has 0 aromatic heterocycles. The van der Waals surface area contributed by atoms with Crippen molar-refractivity contribution in [3.05, 3.63) is 10.8 Å². The van der Waals surface area contributed by atoms with E-state index < -0.39 is 0 Å². The van der Waals surface area contributed by atoms with Gasteiger partial charge in [-0.3, -0.25) is 0 Å². The molecule has 0 aliphatic carbocycles. The summed E-state index contributed by atoms with van der Waals surface area (Å²) in [6.07, 6.45) is 0. The van der Waals surface area contributed by atoms with E-state index in [1.807, 2.05) is 6.92 Å². The Morgan fingerprint density at radius 1 is 1.56 bits per heavy atom. The number of ether oxygens (including phenoxy) is 1. The van der Waals surface area contributed by atoms with E-state index in [0.717, 1.165) is 21.0 Å². The van der Waals surface area contributed by atoms with Gasteiger partial charge in [-0.15, -0.1) is 0 Å². The van der Waals surface area contributed by atoms with Gasteiger partial charge in [0.2, 0.25) is 0 Å². The van der Waals surface area contributed by atoms with Gasteiger partial charge in [0.25, 0.3) is 0 Å². The molecule has 0 aromatic carbocycles. The second-order valence-electron chi connectivity index (χ2n) is 2.12. The van der Waals surface area contributed by atoms with Crippen molar-refractivity contribution < 1.29 is 11.0 Å². The summed E-state index contributed by atoms with van der Waals surface area (Å²) in [5, 5.41) is 1.14. The van der Waals surface area contributed by atoms with Crippen molar-refractivity contribution in [1.82, 2.24) is 0 Å². The molecule has 0 heterocycles. The third kappa shape index (κ3) is 2.46. The lowest BCUT2D eigenvalue weighted by atomic mass is 10.3. The topological polar surface area (TPSA) is 26.3 Å². The van der Waals surface area contributed by atoms with Gasteiger partial charge in [-0.05, 0) is 13.8 Å². The van der Waals surface area contributed by atoms with Crippen LogP contribution in [0.25, 0.3) is 0 Å². The van der Waals surface area contributed by atoms with Gasteiger partial charge in [-0.2, -0.15) is 0 Å². The molecule has 0 saturated carbocycles. The van der Waals surface area contributed by atoms with Crippen molar-refractivity contribution in [3.63, 3.8) is 0 Å². The van der Waals surface area contributed by atoms with Crippen molar-refractivity contribution >= 4 is 16.2 Å². The maximum atomic E-state index is 10.7. The molecule has 0 spiro atoms. The fourth-order valence-corrected chi connectivity index (χ4v) is 0.561. The Bertz CT molecular complexity index is 150. The van der Waals surface area contributed by atoms with Crippen LogP contribution in [0.15, 0.2) is 10.8 Å². The van der Waals surface area contributed by atoms with E-state index in [1.54, 1.807) is 6.92 Å². The van der Waals surface area contributed by atoms with E-state index in [2.05, 4.69) is 4.74 Å². The molecule has 3 heteroatoms. The van der Waals surface area contributed by atoms with E-state index >= 15 is 0 Å². The summed E-state index contributed by atoms with van der Waals surface area (Å²) in [7, 11) is 2.33. The molecule has 0 aliphatic rings. The number of hydrogen-bond donors (Lipinski definition) is 0. The standard InChI is InChI=1S/C6H12O2Si/c1-4(5(2)9)6(7)8-3/h1-3,9H3/p+1. The summed E-state index contributed by atoms with van der Waals surface area (Å²) >= 11 is 0. The monoisotopic (exact) mass is 145 g/mol. The Labute approximate surface area is 59.8 Å². The summed E-state index contributed by atoms with van der Waals surface area (Å²) < 4.78 is 4.50. The maximum absolute atomic E-state index is 10.7. The molecule has 0 amide bonds. The lowest BCUT2D eigenvalue weighted by Gasteiger charge is -1.98. The molecule has 0 aliphatic heterocycles. The van der Waals surface area contributed by atoms with Gasteiger partial charge in [0.15, 0.2) is 0 Å². The number of hydrogen-bond acceptors (Lipinski definition) is 2. The fourth-order valence-electron chi connectivity index (χ4n) is 0.357. The average molecular weight is 145 g/mol. The fraction of sp³-hybridized carbons (Fsp3) is 0.500. The SMILES string of the molecule is COC(=O)C(C)=C(C)[SiH3].[H+]. The van der Waals surface area contributed by atoms with Crippen LogP contribution in [0.1, 0.15) is 15.3 Å². The number of rotatable bonds is 1. The molecule has 52 valence electrons. The average Bonchev–Trinajstić information content (AvgIpc) is 1.84. The van der Waals surface area contributed by atoms with Gasteiger partial charge >= 0.3 is 7.40 Å². The summed E-state index contributed by atoms with van der Waals surface area (Å²) in [6.45, 7) is 3.73. The molecule has 0 fully saturated rings. The zero-order valence-electron chi connectivity index (χ0n) is 7.32. The van der Waals surface area contributed by atoms with Gasteiger partial charge < -0.3 is 4.74 Å². The quantitative estimate of drug-likeness (QED) is 0.293. The predicted molar refractivity (Wildman–Crippen MR) is 41.4 cm³/mol. The largest absolute Gasteiger partial charge is 1.00 e. The molecule has 0 atom stereocenters. The predicted octanol–water partition coefficient (Wildman–Crippen LogP) is -0.0688. The van der Waals surface area contributed by atoms with E-state index in [4.69, 9.17) is 0 Å². The smallest absolute Gasteiger partial charge is 0.466 e. The van der Waals surface area contributed by atoms with Crippen LogP contribution in [-0.2, 0) is 9.53 Å². The minimum Gasteiger partial charge on any atom is -0.466 e. The van der Waals surface area contributed by atoms with Gasteiger partial charge in [0.1, 0.15) is 0 Å². The van der Waals surface area contributed by atoms with Gasteiger partial charge in [0, 0.05) is 15.8 Å². The van der Waals surface area contributed by atoms with Crippen molar-refractivity contribution in [1.29, 1.82) is 0 Å². The van der Waals surface area contributed by atoms with Crippen LogP contribution in [0.3, 0.4) is 0 Å². The van der Waals surface area contributed by atoms with Crippen LogP contribution >= 0.6 is 0 Å². The summed E-state index contributed by atoms with van der Waals surface area (Å²) in [5.41, 5.74) is 0.754. The minimum absolute atomic E-state index is 0. The molecule has 0 rings (SSSR count). The summed E-state index contributed by atoms with van der Waals surface area (Å²) in [5.74, 6) is -0.206. The maximum Gasteiger partial charge on any atom is 1.00 e. The highest BCUT2D eigenvalue weighted by Gasteiger charge is 2.02. The number of methoxy groups -OCH3 is 1. The lowest BCUT2D eigenvalue weighted by Crippen LogP contribution is -2.03. The highest BCUT2D eigenvalue weighted by molar-refractivity contribution is 6.23. The van der Waals surface area contributed by atoms with Crippen molar-refractivity contribution in [3.8, 4) is 0 Å². The van der Waals surface area contributed by atoms with Gasteiger partial charge in [-0.25, -0.2) is 4.79 Å². The third-order valence-electron chi connectivity index (χ3n) is 1.24. The molecule has 0 saturated heterocycles. The minimum atomic E-state index is -0.206. The highest BCUT2D eigenvalue weighted by atomic mass is 28.1. The number of esters is 1. The summed E-state index contributed by atoms with van der Waals surface area (Å²) in [4.78, 5) is 10.7. The van der Waals surface area contributed by atoms with Crippen LogP contribution in [-0.4, -0.2) is 23.3 Å². The van der Waals surface area contributed by atoms with Gasteiger partial charge in [-0.1, -0.05) is 5.20 Å². The number of carbonyl (C=O) groups excluding carboxylic acids is 1. The van der Waals surface area contributed by atoms with Crippen molar-refractivity contribution in [2.24, 2.45) is 0 Å². The van der Waals surface area contributed by atoms with Crippen LogP contribution in [0.4, 0.5) is 0 Å². The molecule has 2 nitrogen and oxygen atoms in total. The Morgan fingerprint density at radius 2 is 2.00 bits per heavy atom. The first kappa shape index (κ1) is 8.43. The first-order valence-electron chi connectivity index (χ1n) is 2.82. The normalized spacial score (nSPS) is 12.8. The second kappa shape index (κ2) is 3.45. The lowest BCUT2D eigenvalue weighted by molar-refractivity contribution is -0.136. The molecule has 0 radical (unpaired) electrons. The second-order valence-corrected chi connectivity index (χ2v) is 3.62. The molecule has 0 aromatic rings. The van der Waals surface area contributed by atoms with Gasteiger partial charge in [0.05, 0.1) is 7.11 Å². The molecule has 0 bridgehead atoms. The summed E-state index contributed by atoms with van der Waals surface area (Å²) in [6, 6.07) is 0. The third-order valence-corrected chi connectivity index (χ3v) is 1.99. The Hall–Kier alpha value is -0.573.